The smallest absolute Gasteiger partial charge is 0.258 e. The fourth-order valence-electron chi connectivity index (χ4n) is 0.619. The average Bonchev–Trinajstić information content (AvgIpc) is 2.03. The van der Waals surface area contributed by atoms with Gasteiger partial charge in [0.1, 0.15) is 0 Å². The number of rotatable bonds is 1. The molecule has 0 fully saturated rings. The van der Waals surface area contributed by atoms with Gasteiger partial charge in [-0.25, -0.2) is 0 Å². The Hall–Kier alpha value is -1.38. The van der Waals surface area contributed by atoms with Gasteiger partial charge in [-0.15, -0.1) is 0 Å². The zero-order valence-electron chi connectivity index (χ0n) is 8.07. The summed E-state index contributed by atoms with van der Waals surface area (Å²) in [6, 6.07) is 5.03. The van der Waals surface area contributed by atoms with Crippen molar-refractivity contribution in [2.75, 3.05) is 0 Å². The molecule has 3 heteroatoms. The van der Waals surface area contributed by atoms with Crippen molar-refractivity contribution in [3.63, 3.8) is 0 Å². The number of hydrogen-bond donors (Lipinski definition) is 0. The summed E-state index contributed by atoms with van der Waals surface area (Å²) in [6.07, 6.45) is 0. The molecule has 0 unspecified atom stereocenters. The molecular weight excluding hydrogens is 130 g/mol. The van der Waals surface area contributed by atoms with Crippen LogP contribution in [0.4, 0.5) is 5.69 Å². The molecule has 0 aromatic heterocycles. The van der Waals surface area contributed by atoms with Crippen molar-refractivity contribution >= 4 is 5.69 Å². The minimum absolute atomic E-state index is 0.0123. The molecule has 0 heterocycles. The lowest BCUT2D eigenvalue weighted by Crippen LogP contribution is -1.86. The second-order valence-electron chi connectivity index (χ2n) is 1.81. The molecule has 1 aromatic carbocycles. The SMILES string of the molecule is [2H]C([2H])([2H])c1cccc([N+](=O)[O-])c1. The molecule has 0 N–H and O–H groups in total. The van der Waals surface area contributed by atoms with Crippen LogP contribution in [0.25, 0.3) is 0 Å². The summed E-state index contributed by atoms with van der Waals surface area (Å²) in [5.74, 6) is 0. The quantitative estimate of drug-likeness (QED) is 0.441. The summed E-state index contributed by atoms with van der Waals surface area (Å²) in [6.45, 7) is -2.29. The zero-order chi connectivity index (χ0) is 10.1. The second kappa shape index (κ2) is 2.47. The van der Waals surface area contributed by atoms with E-state index < -0.39 is 11.8 Å². The Morgan fingerprint density at radius 1 is 1.70 bits per heavy atom. The van der Waals surface area contributed by atoms with Gasteiger partial charge in [0, 0.05) is 16.2 Å². The van der Waals surface area contributed by atoms with E-state index in [1.165, 1.54) is 18.2 Å². The summed E-state index contributed by atoms with van der Waals surface area (Å²) in [4.78, 5) is 9.69. The van der Waals surface area contributed by atoms with E-state index in [0.29, 0.717) is 0 Å². The van der Waals surface area contributed by atoms with Gasteiger partial charge in [0.25, 0.3) is 5.69 Å². The third kappa shape index (κ3) is 1.31. The first-order valence-corrected chi connectivity index (χ1v) is 2.66. The third-order valence-electron chi connectivity index (χ3n) is 1.06. The molecule has 0 spiro atoms. The summed E-state index contributed by atoms with van der Waals surface area (Å²) < 4.78 is 21.1. The van der Waals surface area contributed by atoms with Crippen LogP contribution in [0.1, 0.15) is 9.68 Å². The Labute approximate surface area is 62.7 Å². The number of nitro benzene ring substituents is 1. The van der Waals surface area contributed by atoms with Gasteiger partial charge < -0.3 is 0 Å². The maximum absolute atomic E-state index is 10.3. The van der Waals surface area contributed by atoms with Crippen molar-refractivity contribution in [3.05, 3.63) is 39.9 Å². The highest BCUT2D eigenvalue weighted by Gasteiger charge is 2.01. The van der Waals surface area contributed by atoms with Crippen molar-refractivity contribution in [1.82, 2.24) is 0 Å². The van der Waals surface area contributed by atoms with E-state index in [4.69, 9.17) is 4.11 Å². The molecule has 10 heavy (non-hydrogen) atoms. The van der Waals surface area contributed by atoms with Crippen LogP contribution in [-0.4, -0.2) is 4.92 Å². The highest BCUT2D eigenvalue weighted by molar-refractivity contribution is 5.33. The maximum atomic E-state index is 10.3. The Bertz CT molecular complexity index is 335. The van der Waals surface area contributed by atoms with Gasteiger partial charge in [0.2, 0.25) is 0 Å². The van der Waals surface area contributed by atoms with Gasteiger partial charge in [0.05, 0.1) is 4.92 Å². The van der Waals surface area contributed by atoms with Gasteiger partial charge in [-0.05, 0) is 12.4 Å². The van der Waals surface area contributed by atoms with Crippen LogP contribution in [0.5, 0.6) is 0 Å². The largest absolute Gasteiger partial charge is 0.269 e. The summed E-state index contributed by atoms with van der Waals surface area (Å²) in [5, 5.41) is 10.3. The highest BCUT2D eigenvalue weighted by Crippen LogP contribution is 2.11. The maximum Gasteiger partial charge on any atom is 0.269 e. The topological polar surface area (TPSA) is 43.1 Å². The molecular formula is C7H7NO2. The number of benzene rings is 1. The number of nitro groups is 1. The Kier molecular flexibility index (Phi) is 0.917. The molecule has 0 radical (unpaired) electrons. The van der Waals surface area contributed by atoms with Gasteiger partial charge in [-0.3, -0.25) is 10.1 Å². The molecule has 1 rings (SSSR count). The number of nitrogens with zero attached hydrogens (tertiary/aromatic N) is 1. The van der Waals surface area contributed by atoms with E-state index in [2.05, 4.69) is 0 Å². The first-order chi connectivity index (χ1) is 5.91. The van der Waals surface area contributed by atoms with E-state index in [9.17, 15) is 10.1 Å². The second-order valence-corrected chi connectivity index (χ2v) is 1.81. The van der Waals surface area contributed by atoms with E-state index >= 15 is 0 Å². The van der Waals surface area contributed by atoms with Gasteiger partial charge in [-0.2, -0.15) is 0 Å². The normalized spacial score (nSPS) is 15.0. The van der Waals surface area contributed by atoms with Gasteiger partial charge >= 0.3 is 0 Å². The van der Waals surface area contributed by atoms with Crippen molar-refractivity contribution in [2.45, 2.75) is 6.85 Å². The molecule has 0 bridgehead atoms. The van der Waals surface area contributed by atoms with Gasteiger partial charge in [0.15, 0.2) is 0 Å². The summed E-state index contributed by atoms with van der Waals surface area (Å²) in [7, 11) is 0. The molecule has 1 aromatic rings. The minimum Gasteiger partial charge on any atom is -0.258 e. The lowest BCUT2D eigenvalue weighted by Gasteiger charge is -1.90. The number of hydrogen-bond acceptors (Lipinski definition) is 2. The molecule has 0 saturated heterocycles. The molecule has 0 aliphatic carbocycles. The van der Waals surface area contributed by atoms with Crippen molar-refractivity contribution < 1.29 is 9.04 Å². The molecule has 3 nitrogen and oxygen atoms in total. The Balaban J connectivity index is 3.13. The molecule has 52 valence electrons. The third-order valence-corrected chi connectivity index (χ3v) is 1.06. The van der Waals surface area contributed by atoms with Crippen LogP contribution in [0.15, 0.2) is 24.3 Å². The lowest BCUT2D eigenvalue weighted by atomic mass is 10.2. The average molecular weight is 140 g/mol. The molecule has 0 saturated carbocycles. The van der Waals surface area contributed by atoms with Crippen molar-refractivity contribution in [3.8, 4) is 0 Å². The Morgan fingerprint density at radius 2 is 2.50 bits per heavy atom. The standard InChI is InChI=1S/C7H7NO2/c1-6-3-2-4-7(5-6)8(9)10/h2-5H,1H3/i1D3. The summed E-state index contributed by atoms with van der Waals surface area (Å²) >= 11 is 0. The van der Waals surface area contributed by atoms with Crippen LogP contribution < -0.4 is 0 Å². The van der Waals surface area contributed by atoms with Crippen molar-refractivity contribution in [2.24, 2.45) is 0 Å². The minimum atomic E-state index is -2.29. The van der Waals surface area contributed by atoms with E-state index in [-0.39, 0.29) is 11.3 Å². The van der Waals surface area contributed by atoms with E-state index in [0.717, 1.165) is 6.07 Å². The zero-order valence-corrected chi connectivity index (χ0v) is 5.07. The fraction of sp³-hybridized carbons (Fsp3) is 0.143. The van der Waals surface area contributed by atoms with Crippen molar-refractivity contribution in [1.29, 1.82) is 0 Å². The monoisotopic (exact) mass is 140 g/mol. The van der Waals surface area contributed by atoms with Crippen LogP contribution in [-0.2, 0) is 0 Å². The summed E-state index contributed by atoms with van der Waals surface area (Å²) in [5.41, 5.74) is -0.213. The number of aryl methyl sites for hydroxylation is 1. The Morgan fingerprint density at radius 3 is 3.10 bits per heavy atom. The lowest BCUT2D eigenvalue weighted by molar-refractivity contribution is -0.384. The van der Waals surface area contributed by atoms with Crippen LogP contribution in [0.3, 0.4) is 0 Å². The van der Waals surface area contributed by atoms with E-state index in [1.54, 1.807) is 0 Å². The van der Waals surface area contributed by atoms with E-state index in [1.807, 2.05) is 0 Å². The predicted octanol–water partition coefficient (Wildman–Crippen LogP) is 1.90. The predicted molar refractivity (Wildman–Crippen MR) is 37.8 cm³/mol. The molecule has 0 aliphatic rings. The van der Waals surface area contributed by atoms with Gasteiger partial charge in [-0.1, -0.05) is 12.1 Å². The fourth-order valence-corrected chi connectivity index (χ4v) is 0.619. The first-order valence-electron chi connectivity index (χ1n) is 4.16. The van der Waals surface area contributed by atoms with Crippen LogP contribution >= 0.6 is 0 Å². The van der Waals surface area contributed by atoms with Crippen LogP contribution in [0.2, 0.25) is 0 Å². The highest BCUT2D eigenvalue weighted by atomic mass is 16.6. The first kappa shape index (κ1) is 3.71. The molecule has 0 atom stereocenters. The molecule has 0 aliphatic heterocycles. The number of non-ortho nitro benzene ring substituents is 1. The molecule has 0 amide bonds. The van der Waals surface area contributed by atoms with Crippen LogP contribution in [0, 0.1) is 17.0 Å².